The maximum Gasteiger partial charge on any atom is 0.253 e. The van der Waals surface area contributed by atoms with E-state index in [1.807, 2.05) is 10.8 Å². The number of carbonyl (C=O) groups excluding carboxylic acids is 1. The first-order valence-corrected chi connectivity index (χ1v) is 9.45. The van der Waals surface area contributed by atoms with Gasteiger partial charge in [0, 0.05) is 29.7 Å². The lowest BCUT2D eigenvalue weighted by Crippen LogP contribution is -2.25. The first-order valence-electron chi connectivity index (χ1n) is 9.45. The van der Waals surface area contributed by atoms with Crippen molar-refractivity contribution >= 4 is 28.6 Å². The number of anilines is 2. The number of aromatic nitrogens is 3. The van der Waals surface area contributed by atoms with Crippen LogP contribution in [0.5, 0.6) is 0 Å². The van der Waals surface area contributed by atoms with Crippen LogP contribution in [0.4, 0.5) is 16.0 Å². The van der Waals surface area contributed by atoms with Crippen LogP contribution in [0.15, 0.2) is 30.6 Å². The van der Waals surface area contributed by atoms with Gasteiger partial charge in [0.05, 0.1) is 10.9 Å². The Labute approximate surface area is 163 Å². The predicted octanol–water partition coefficient (Wildman–Crippen LogP) is 4.27. The largest absolute Gasteiger partial charge is 0.349 e. The highest BCUT2D eigenvalue weighted by atomic mass is 19.1. The zero-order chi connectivity index (χ0) is 20.1. The molecule has 6 nitrogen and oxygen atoms in total. The molecule has 4 rings (SSSR count). The van der Waals surface area contributed by atoms with E-state index in [0.29, 0.717) is 33.8 Å². The van der Waals surface area contributed by atoms with E-state index in [1.54, 1.807) is 25.3 Å². The van der Waals surface area contributed by atoms with Crippen molar-refractivity contribution in [3.05, 3.63) is 47.5 Å². The number of hydrogen-bond acceptors (Lipinski definition) is 4. The Bertz CT molecular complexity index is 1060. The zero-order valence-corrected chi connectivity index (χ0v) is 16.5. The van der Waals surface area contributed by atoms with Gasteiger partial charge in [0.1, 0.15) is 11.5 Å². The molecule has 0 unspecified atom stereocenters. The number of aryl methyl sites for hydroxylation is 1. The standard InChI is InChI=1S/C21H24FN5O/c1-12-5-6-14(9-17(12)22)25-20-23-10-15-16(19(28)24-13-7-8-13)11-27(18(15)26-20)21(2,3)4/h5-6,9-11,13H,7-8H2,1-4H3,(H,24,28)(H,23,25,26). The number of carbonyl (C=O) groups is 1. The van der Waals surface area contributed by atoms with E-state index >= 15 is 0 Å². The summed E-state index contributed by atoms with van der Waals surface area (Å²) >= 11 is 0. The summed E-state index contributed by atoms with van der Waals surface area (Å²) in [6.45, 7) is 7.88. The third kappa shape index (κ3) is 3.56. The summed E-state index contributed by atoms with van der Waals surface area (Å²) in [4.78, 5) is 21.6. The fourth-order valence-electron chi connectivity index (χ4n) is 3.05. The Morgan fingerprint density at radius 3 is 2.68 bits per heavy atom. The minimum atomic E-state index is -0.289. The summed E-state index contributed by atoms with van der Waals surface area (Å²) in [7, 11) is 0. The molecule has 1 aliphatic carbocycles. The van der Waals surface area contributed by atoms with Crippen molar-refractivity contribution in [2.75, 3.05) is 5.32 Å². The van der Waals surface area contributed by atoms with Gasteiger partial charge in [-0.25, -0.2) is 9.37 Å². The number of rotatable bonds is 4. The third-order valence-electron chi connectivity index (χ3n) is 4.85. The van der Waals surface area contributed by atoms with Gasteiger partial charge in [-0.15, -0.1) is 0 Å². The van der Waals surface area contributed by atoms with Gasteiger partial charge < -0.3 is 15.2 Å². The minimum absolute atomic E-state index is 0.0968. The lowest BCUT2D eigenvalue weighted by molar-refractivity contribution is 0.0952. The molecule has 2 heterocycles. The van der Waals surface area contributed by atoms with Crippen LogP contribution in [0.25, 0.3) is 11.0 Å². The third-order valence-corrected chi connectivity index (χ3v) is 4.85. The molecule has 28 heavy (non-hydrogen) atoms. The molecule has 7 heteroatoms. The van der Waals surface area contributed by atoms with Gasteiger partial charge in [-0.1, -0.05) is 6.07 Å². The van der Waals surface area contributed by atoms with E-state index in [9.17, 15) is 9.18 Å². The van der Waals surface area contributed by atoms with Crippen molar-refractivity contribution < 1.29 is 9.18 Å². The van der Waals surface area contributed by atoms with Crippen LogP contribution in [0, 0.1) is 12.7 Å². The number of nitrogens with one attached hydrogen (secondary N) is 2. The Morgan fingerprint density at radius 1 is 1.29 bits per heavy atom. The highest BCUT2D eigenvalue weighted by Gasteiger charge is 2.28. The highest BCUT2D eigenvalue weighted by molar-refractivity contribution is 6.06. The first kappa shape index (κ1) is 18.4. The Balaban J connectivity index is 1.74. The Kier molecular flexibility index (Phi) is 4.33. The second kappa shape index (κ2) is 6.58. The van der Waals surface area contributed by atoms with E-state index < -0.39 is 0 Å². The normalized spacial score (nSPS) is 14.3. The average molecular weight is 381 g/mol. The Morgan fingerprint density at radius 2 is 2.04 bits per heavy atom. The van der Waals surface area contributed by atoms with E-state index in [4.69, 9.17) is 0 Å². The van der Waals surface area contributed by atoms with E-state index in [1.165, 1.54) is 6.07 Å². The molecular formula is C21H24FN5O. The molecule has 1 amide bonds. The number of hydrogen-bond donors (Lipinski definition) is 2. The van der Waals surface area contributed by atoms with Gasteiger partial charge in [0.25, 0.3) is 5.91 Å². The second-order valence-corrected chi connectivity index (χ2v) is 8.35. The van der Waals surface area contributed by atoms with Crippen LogP contribution in [-0.4, -0.2) is 26.5 Å². The topological polar surface area (TPSA) is 71.8 Å². The van der Waals surface area contributed by atoms with Crippen LogP contribution in [0.2, 0.25) is 0 Å². The summed E-state index contributed by atoms with van der Waals surface area (Å²) in [6.07, 6.45) is 5.55. The van der Waals surface area contributed by atoms with Crippen LogP contribution in [-0.2, 0) is 5.54 Å². The maximum absolute atomic E-state index is 13.8. The molecule has 1 aromatic carbocycles. The molecule has 2 N–H and O–H groups in total. The minimum Gasteiger partial charge on any atom is -0.349 e. The van der Waals surface area contributed by atoms with Gasteiger partial charge in [-0.05, 0) is 58.2 Å². The van der Waals surface area contributed by atoms with Crippen LogP contribution in [0.3, 0.4) is 0 Å². The first-order chi connectivity index (χ1) is 13.2. The molecule has 0 atom stereocenters. The second-order valence-electron chi connectivity index (χ2n) is 8.35. The predicted molar refractivity (Wildman–Crippen MR) is 107 cm³/mol. The van der Waals surface area contributed by atoms with E-state index in [0.717, 1.165) is 12.8 Å². The molecule has 3 aromatic rings. The Hall–Kier alpha value is -2.96. The van der Waals surface area contributed by atoms with Gasteiger partial charge >= 0.3 is 0 Å². The quantitative estimate of drug-likeness (QED) is 0.708. The van der Waals surface area contributed by atoms with Gasteiger partial charge in [0.2, 0.25) is 5.95 Å². The molecule has 146 valence electrons. The van der Waals surface area contributed by atoms with Crippen molar-refractivity contribution in [1.82, 2.24) is 19.9 Å². The molecule has 0 saturated heterocycles. The van der Waals surface area contributed by atoms with Crippen LogP contribution >= 0.6 is 0 Å². The van der Waals surface area contributed by atoms with E-state index in [-0.39, 0.29) is 23.3 Å². The summed E-state index contributed by atoms with van der Waals surface area (Å²) in [5, 5.41) is 6.78. The molecular weight excluding hydrogens is 357 g/mol. The van der Waals surface area contributed by atoms with Crippen molar-refractivity contribution in [2.24, 2.45) is 0 Å². The van der Waals surface area contributed by atoms with Crippen LogP contribution in [0.1, 0.15) is 49.5 Å². The van der Waals surface area contributed by atoms with Crippen molar-refractivity contribution in [3.63, 3.8) is 0 Å². The molecule has 0 bridgehead atoms. The molecule has 2 aromatic heterocycles. The molecule has 1 fully saturated rings. The van der Waals surface area contributed by atoms with Crippen molar-refractivity contribution in [2.45, 2.75) is 52.1 Å². The molecule has 1 aliphatic rings. The average Bonchev–Trinajstić information content (AvgIpc) is 3.34. The molecule has 1 saturated carbocycles. The SMILES string of the molecule is Cc1ccc(Nc2ncc3c(C(=O)NC4CC4)cn(C(C)(C)C)c3n2)cc1F. The number of amides is 1. The monoisotopic (exact) mass is 381 g/mol. The zero-order valence-electron chi connectivity index (χ0n) is 16.5. The summed E-state index contributed by atoms with van der Waals surface area (Å²) in [6, 6.07) is 5.18. The number of nitrogens with zero attached hydrogens (tertiary/aromatic N) is 3. The lowest BCUT2D eigenvalue weighted by Gasteiger charge is -2.22. The molecule has 0 aliphatic heterocycles. The number of benzene rings is 1. The van der Waals surface area contributed by atoms with E-state index in [2.05, 4.69) is 41.4 Å². The van der Waals surface area contributed by atoms with Gasteiger partial charge in [-0.3, -0.25) is 4.79 Å². The maximum atomic E-state index is 13.8. The fraction of sp³-hybridized carbons (Fsp3) is 0.381. The molecule has 0 spiro atoms. The smallest absolute Gasteiger partial charge is 0.253 e. The fourth-order valence-corrected chi connectivity index (χ4v) is 3.05. The molecule has 0 radical (unpaired) electrons. The summed E-state index contributed by atoms with van der Waals surface area (Å²) in [5.74, 6) is -0.0305. The highest BCUT2D eigenvalue weighted by Crippen LogP contribution is 2.28. The number of halogens is 1. The van der Waals surface area contributed by atoms with Crippen molar-refractivity contribution in [3.8, 4) is 0 Å². The van der Waals surface area contributed by atoms with Crippen molar-refractivity contribution in [1.29, 1.82) is 0 Å². The number of fused-ring (bicyclic) bond motifs is 1. The van der Waals surface area contributed by atoms with Crippen LogP contribution < -0.4 is 10.6 Å². The summed E-state index contributed by atoms with van der Waals surface area (Å²) in [5.41, 5.74) is 2.12. The lowest BCUT2D eigenvalue weighted by atomic mass is 10.1. The van der Waals surface area contributed by atoms with Gasteiger partial charge in [0.15, 0.2) is 0 Å². The van der Waals surface area contributed by atoms with Gasteiger partial charge in [-0.2, -0.15) is 4.98 Å². The summed E-state index contributed by atoms with van der Waals surface area (Å²) < 4.78 is 15.8.